The molecule has 0 aromatic heterocycles. The normalized spacial score (nSPS) is 10.8. The molecule has 0 aliphatic rings. The summed E-state index contributed by atoms with van der Waals surface area (Å²) in [7, 11) is -3.89. The molecule has 30 heavy (non-hydrogen) atoms. The Hall–Kier alpha value is -3.34. The van der Waals surface area contributed by atoms with Crippen LogP contribution in [0, 0.1) is 18.3 Å². The van der Waals surface area contributed by atoms with Gasteiger partial charge in [0.1, 0.15) is 0 Å². The second kappa shape index (κ2) is 8.99. The molecule has 0 aliphatic carbocycles. The van der Waals surface area contributed by atoms with Gasteiger partial charge in [-0.15, -0.1) is 0 Å². The van der Waals surface area contributed by atoms with Gasteiger partial charge >= 0.3 is 0 Å². The van der Waals surface area contributed by atoms with Crippen molar-refractivity contribution in [3.8, 4) is 6.07 Å². The van der Waals surface area contributed by atoms with Crippen molar-refractivity contribution in [2.75, 3.05) is 10.0 Å². The smallest absolute Gasteiger partial charge is 0.261 e. The number of rotatable bonds is 6. The first kappa shape index (κ1) is 21.4. The highest BCUT2D eigenvalue weighted by atomic mass is 35.5. The Kier molecular flexibility index (Phi) is 6.40. The third-order valence-electron chi connectivity index (χ3n) is 4.30. The largest absolute Gasteiger partial charge is 0.322 e. The summed E-state index contributed by atoms with van der Waals surface area (Å²) in [6.07, 6.45) is 0.271. The lowest BCUT2D eigenvalue weighted by Gasteiger charge is -2.14. The van der Waals surface area contributed by atoms with E-state index in [0.717, 1.165) is 11.1 Å². The van der Waals surface area contributed by atoms with Gasteiger partial charge in [-0.1, -0.05) is 41.4 Å². The first-order chi connectivity index (χ1) is 14.3. The van der Waals surface area contributed by atoms with E-state index in [1.807, 2.05) is 6.92 Å². The number of hydrogen-bond acceptors (Lipinski definition) is 4. The fourth-order valence-corrected chi connectivity index (χ4v) is 3.96. The topological polar surface area (TPSA) is 99.1 Å². The monoisotopic (exact) mass is 439 g/mol. The molecule has 0 unspecified atom stereocenters. The molecule has 152 valence electrons. The van der Waals surface area contributed by atoms with Crippen LogP contribution in [-0.2, 0) is 16.4 Å². The second-order valence-electron chi connectivity index (χ2n) is 6.59. The molecule has 8 heteroatoms. The van der Waals surface area contributed by atoms with Gasteiger partial charge in [0.2, 0.25) is 0 Å². The van der Waals surface area contributed by atoms with Crippen LogP contribution in [0.3, 0.4) is 0 Å². The lowest BCUT2D eigenvalue weighted by Crippen LogP contribution is -2.18. The second-order valence-corrected chi connectivity index (χ2v) is 8.71. The molecule has 0 saturated carbocycles. The van der Waals surface area contributed by atoms with Crippen molar-refractivity contribution < 1.29 is 13.2 Å². The van der Waals surface area contributed by atoms with E-state index in [1.54, 1.807) is 36.4 Å². The molecule has 3 aromatic rings. The van der Waals surface area contributed by atoms with Crippen molar-refractivity contribution >= 4 is 38.9 Å². The van der Waals surface area contributed by atoms with Gasteiger partial charge in [-0.25, -0.2) is 8.42 Å². The van der Waals surface area contributed by atoms with Crippen LogP contribution in [0.1, 0.15) is 21.5 Å². The number of sulfonamides is 1. The summed E-state index contributed by atoms with van der Waals surface area (Å²) in [5.74, 6) is -0.521. The Labute approximate surface area is 180 Å². The third-order valence-corrected chi connectivity index (χ3v) is 5.91. The van der Waals surface area contributed by atoms with Gasteiger partial charge in [0.25, 0.3) is 15.9 Å². The number of nitrogens with one attached hydrogen (secondary N) is 2. The van der Waals surface area contributed by atoms with Crippen LogP contribution >= 0.6 is 11.6 Å². The predicted molar refractivity (Wildman–Crippen MR) is 117 cm³/mol. The number of nitriles is 1. The van der Waals surface area contributed by atoms with E-state index < -0.39 is 15.9 Å². The van der Waals surface area contributed by atoms with E-state index in [4.69, 9.17) is 16.9 Å². The minimum Gasteiger partial charge on any atom is -0.322 e. The lowest BCUT2D eigenvalue weighted by molar-refractivity contribution is 0.102. The van der Waals surface area contributed by atoms with E-state index >= 15 is 0 Å². The lowest BCUT2D eigenvalue weighted by atomic mass is 10.1. The third kappa shape index (κ3) is 5.17. The number of amides is 1. The van der Waals surface area contributed by atoms with Gasteiger partial charge < -0.3 is 5.32 Å². The molecule has 0 atom stereocenters. The minimum atomic E-state index is -3.89. The summed E-state index contributed by atoms with van der Waals surface area (Å²) < 4.78 is 27.9. The highest BCUT2D eigenvalue weighted by molar-refractivity contribution is 7.92. The zero-order chi connectivity index (χ0) is 21.7. The van der Waals surface area contributed by atoms with Crippen molar-refractivity contribution in [2.45, 2.75) is 18.2 Å². The first-order valence-electron chi connectivity index (χ1n) is 8.95. The number of carbonyl (C=O) groups excluding carboxylic acids is 1. The van der Waals surface area contributed by atoms with Gasteiger partial charge in [0, 0.05) is 10.7 Å². The van der Waals surface area contributed by atoms with Crippen molar-refractivity contribution in [2.24, 2.45) is 0 Å². The Morgan fingerprint density at radius 2 is 1.70 bits per heavy atom. The molecular formula is C22H18ClN3O3S. The van der Waals surface area contributed by atoms with Crippen molar-refractivity contribution in [1.29, 1.82) is 5.26 Å². The number of carbonyl (C=O) groups is 1. The summed E-state index contributed by atoms with van der Waals surface area (Å²) in [5, 5.41) is 11.7. The van der Waals surface area contributed by atoms with Crippen LogP contribution in [0.4, 0.5) is 11.4 Å². The highest BCUT2D eigenvalue weighted by Crippen LogP contribution is 2.25. The van der Waals surface area contributed by atoms with E-state index in [2.05, 4.69) is 16.1 Å². The zero-order valence-corrected chi connectivity index (χ0v) is 17.6. The summed E-state index contributed by atoms with van der Waals surface area (Å²) in [4.78, 5) is 12.9. The molecule has 0 fully saturated rings. The molecule has 0 spiro atoms. The standard InChI is InChI=1S/C22H18ClN3O3S/c1-15-2-9-19(10-3-15)30(28,29)26-21-11-6-17(23)14-20(21)22(27)25-18-7-4-16(5-8-18)12-13-24/h2-11,14,26H,12H2,1H3,(H,25,27). The quantitative estimate of drug-likeness (QED) is 0.577. The fraction of sp³-hybridized carbons (Fsp3) is 0.0909. The fourth-order valence-electron chi connectivity index (χ4n) is 2.71. The van der Waals surface area contributed by atoms with E-state index in [1.165, 1.54) is 30.3 Å². The Balaban J connectivity index is 1.86. The number of aryl methyl sites for hydroxylation is 1. The molecule has 0 radical (unpaired) electrons. The number of anilines is 2. The molecule has 2 N–H and O–H groups in total. The zero-order valence-electron chi connectivity index (χ0n) is 16.0. The van der Waals surface area contributed by atoms with Gasteiger partial charge in [0.15, 0.2) is 0 Å². The Bertz CT molecular complexity index is 1220. The average molecular weight is 440 g/mol. The number of halogens is 1. The molecule has 0 aliphatic heterocycles. The van der Waals surface area contributed by atoms with Crippen molar-refractivity contribution in [3.63, 3.8) is 0 Å². The average Bonchev–Trinajstić information content (AvgIpc) is 2.71. The predicted octanol–water partition coefficient (Wildman–Crippen LogP) is 4.77. The maximum atomic E-state index is 12.8. The molecule has 0 bridgehead atoms. The summed E-state index contributed by atoms with van der Waals surface area (Å²) >= 11 is 6.04. The minimum absolute atomic E-state index is 0.0827. The van der Waals surface area contributed by atoms with Gasteiger partial charge in [-0.2, -0.15) is 5.26 Å². The summed E-state index contributed by atoms with van der Waals surface area (Å²) in [6.45, 7) is 1.86. The SMILES string of the molecule is Cc1ccc(S(=O)(=O)Nc2ccc(Cl)cc2C(=O)Nc2ccc(CC#N)cc2)cc1. The molecule has 1 amide bonds. The van der Waals surface area contributed by atoms with Gasteiger partial charge in [0.05, 0.1) is 28.6 Å². The van der Waals surface area contributed by atoms with Crippen LogP contribution in [0.25, 0.3) is 0 Å². The van der Waals surface area contributed by atoms with Crippen molar-refractivity contribution in [1.82, 2.24) is 0 Å². The number of benzene rings is 3. The van der Waals surface area contributed by atoms with Gasteiger partial charge in [-0.3, -0.25) is 9.52 Å². The van der Waals surface area contributed by atoms with Crippen LogP contribution in [0.15, 0.2) is 71.6 Å². The van der Waals surface area contributed by atoms with E-state index in [-0.39, 0.29) is 22.6 Å². The van der Waals surface area contributed by atoms with Crippen LogP contribution in [0.5, 0.6) is 0 Å². The Morgan fingerprint density at radius 1 is 1.03 bits per heavy atom. The maximum Gasteiger partial charge on any atom is 0.261 e. The highest BCUT2D eigenvalue weighted by Gasteiger charge is 2.19. The number of hydrogen-bond donors (Lipinski definition) is 2. The molecule has 0 heterocycles. The Morgan fingerprint density at radius 3 is 2.33 bits per heavy atom. The molecular weight excluding hydrogens is 422 g/mol. The van der Waals surface area contributed by atoms with Crippen LogP contribution < -0.4 is 10.0 Å². The summed E-state index contributed by atoms with van der Waals surface area (Å²) in [6, 6.07) is 19.6. The first-order valence-corrected chi connectivity index (χ1v) is 10.8. The number of nitrogens with zero attached hydrogens (tertiary/aromatic N) is 1. The molecule has 3 rings (SSSR count). The van der Waals surface area contributed by atoms with Crippen molar-refractivity contribution in [3.05, 3.63) is 88.4 Å². The molecule has 0 saturated heterocycles. The summed E-state index contributed by atoms with van der Waals surface area (Å²) in [5.41, 5.74) is 2.46. The molecule has 6 nitrogen and oxygen atoms in total. The van der Waals surface area contributed by atoms with Crippen LogP contribution in [-0.4, -0.2) is 14.3 Å². The van der Waals surface area contributed by atoms with E-state index in [9.17, 15) is 13.2 Å². The van der Waals surface area contributed by atoms with Crippen LogP contribution in [0.2, 0.25) is 5.02 Å². The van der Waals surface area contributed by atoms with E-state index in [0.29, 0.717) is 10.7 Å². The molecule has 3 aromatic carbocycles. The maximum absolute atomic E-state index is 12.8. The van der Waals surface area contributed by atoms with Gasteiger partial charge in [-0.05, 0) is 55.0 Å².